The molecule has 2 N–H and O–H groups in total. The molecule has 0 atom stereocenters. The number of pyridine rings is 1. The van der Waals surface area contributed by atoms with Crippen LogP contribution in [0.25, 0.3) is 0 Å². The van der Waals surface area contributed by atoms with Crippen molar-refractivity contribution in [2.75, 3.05) is 32.2 Å². The number of hydrogen-bond acceptors (Lipinski definition) is 4. The second-order valence-electron chi connectivity index (χ2n) is 5.14. The van der Waals surface area contributed by atoms with E-state index in [9.17, 15) is 4.79 Å². The first-order valence-corrected chi connectivity index (χ1v) is 7.95. The number of carbonyl (C=O) groups excluding carboxylic acids is 1. The number of carbonyl (C=O) groups is 1. The molecule has 0 aliphatic carbocycles. The normalized spacial score (nSPS) is 10.2. The van der Waals surface area contributed by atoms with Crippen molar-refractivity contribution in [2.45, 2.75) is 12.8 Å². The summed E-state index contributed by atoms with van der Waals surface area (Å²) >= 11 is 0. The van der Waals surface area contributed by atoms with E-state index in [1.807, 2.05) is 18.2 Å². The lowest BCUT2D eigenvalue weighted by Crippen LogP contribution is -2.30. The molecule has 24 heavy (non-hydrogen) atoms. The maximum absolute atomic E-state index is 11.8. The molecule has 6 nitrogen and oxygen atoms in total. The largest absolute Gasteiger partial charge is 0.480 e. The van der Waals surface area contributed by atoms with Crippen LogP contribution in [0, 0.1) is 0 Å². The van der Waals surface area contributed by atoms with Gasteiger partial charge >= 0.3 is 6.03 Å². The predicted molar refractivity (Wildman–Crippen MR) is 93.4 cm³/mol. The minimum absolute atomic E-state index is 0.286. The van der Waals surface area contributed by atoms with Crippen molar-refractivity contribution in [3.63, 3.8) is 0 Å². The predicted octanol–water partition coefficient (Wildman–Crippen LogP) is 2.86. The van der Waals surface area contributed by atoms with Gasteiger partial charge in [-0.05, 0) is 30.5 Å². The number of hydrogen-bond donors (Lipinski definition) is 2. The summed E-state index contributed by atoms with van der Waals surface area (Å²) in [5, 5.41) is 5.48. The van der Waals surface area contributed by atoms with Gasteiger partial charge in [0.15, 0.2) is 0 Å². The van der Waals surface area contributed by atoms with E-state index >= 15 is 0 Å². The Labute approximate surface area is 142 Å². The van der Waals surface area contributed by atoms with Crippen LogP contribution in [0.4, 0.5) is 10.5 Å². The lowest BCUT2D eigenvalue weighted by Gasteiger charge is -2.10. The Balaban J connectivity index is 1.55. The maximum Gasteiger partial charge on any atom is 0.319 e. The van der Waals surface area contributed by atoms with Gasteiger partial charge in [0.2, 0.25) is 5.88 Å². The first-order chi connectivity index (χ1) is 11.8. The van der Waals surface area contributed by atoms with Crippen LogP contribution in [0.5, 0.6) is 5.88 Å². The van der Waals surface area contributed by atoms with Crippen LogP contribution >= 0.6 is 0 Å². The van der Waals surface area contributed by atoms with Gasteiger partial charge in [0.05, 0.1) is 13.7 Å². The van der Waals surface area contributed by atoms with E-state index in [1.165, 1.54) is 12.7 Å². The monoisotopic (exact) mass is 329 g/mol. The fraction of sp³-hybridized carbons (Fsp3) is 0.333. The fourth-order valence-electron chi connectivity index (χ4n) is 2.13. The molecule has 1 aromatic carbocycles. The first-order valence-electron chi connectivity index (χ1n) is 7.95. The third-order valence-electron chi connectivity index (χ3n) is 3.34. The van der Waals surface area contributed by atoms with E-state index in [0.29, 0.717) is 31.3 Å². The third kappa shape index (κ3) is 6.26. The quantitative estimate of drug-likeness (QED) is 0.694. The van der Waals surface area contributed by atoms with Gasteiger partial charge in [-0.25, -0.2) is 9.78 Å². The number of benzene rings is 1. The molecule has 0 saturated carbocycles. The average molecular weight is 329 g/mol. The molecule has 2 amide bonds. The van der Waals surface area contributed by atoms with Gasteiger partial charge in [-0.1, -0.05) is 30.3 Å². The lowest BCUT2D eigenvalue weighted by atomic mass is 10.2. The molecular formula is C18H23N3O3. The summed E-state index contributed by atoms with van der Waals surface area (Å²) in [6, 6.07) is 13.4. The summed E-state index contributed by atoms with van der Waals surface area (Å²) in [6.07, 6.45) is 3.26. The van der Waals surface area contributed by atoms with Gasteiger partial charge in [-0.3, -0.25) is 0 Å². The number of rotatable bonds is 9. The standard InChI is InChI=1S/C18H23N3O3/c1-23-17-16(9-5-11-19-17)21-18(22)20-12-6-13-24-14-10-15-7-3-2-4-8-15/h2-5,7-9,11H,6,10,12-14H2,1H3,(H2,20,21,22). The molecular weight excluding hydrogens is 306 g/mol. The van der Waals surface area contributed by atoms with Crippen LogP contribution < -0.4 is 15.4 Å². The van der Waals surface area contributed by atoms with Crippen molar-refractivity contribution in [3.05, 3.63) is 54.2 Å². The van der Waals surface area contributed by atoms with Crippen LogP contribution in [0.1, 0.15) is 12.0 Å². The van der Waals surface area contributed by atoms with Crippen molar-refractivity contribution in [2.24, 2.45) is 0 Å². The molecule has 6 heteroatoms. The minimum atomic E-state index is -0.286. The van der Waals surface area contributed by atoms with E-state index in [4.69, 9.17) is 9.47 Å². The summed E-state index contributed by atoms with van der Waals surface area (Å²) in [7, 11) is 1.51. The van der Waals surface area contributed by atoms with Crippen LogP contribution in [0.3, 0.4) is 0 Å². The first kappa shape index (κ1) is 17.7. The molecule has 1 aromatic heterocycles. The summed E-state index contributed by atoms with van der Waals surface area (Å²) in [5.41, 5.74) is 1.80. The van der Waals surface area contributed by atoms with Crippen molar-refractivity contribution in [3.8, 4) is 5.88 Å². The number of methoxy groups -OCH3 is 1. The molecule has 2 rings (SSSR count). The molecule has 0 bridgehead atoms. The van der Waals surface area contributed by atoms with Gasteiger partial charge in [-0.15, -0.1) is 0 Å². The number of anilines is 1. The summed E-state index contributed by atoms with van der Waals surface area (Å²) < 4.78 is 10.7. The molecule has 0 saturated heterocycles. The second-order valence-corrected chi connectivity index (χ2v) is 5.14. The highest BCUT2D eigenvalue weighted by molar-refractivity contribution is 5.90. The van der Waals surface area contributed by atoms with Crippen LogP contribution in [-0.4, -0.2) is 37.9 Å². The highest BCUT2D eigenvalue weighted by Gasteiger charge is 2.06. The molecule has 0 unspecified atom stereocenters. The van der Waals surface area contributed by atoms with Crippen LogP contribution in [0.2, 0.25) is 0 Å². The van der Waals surface area contributed by atoms with Crippen molar-refractivity contribution >= 4 is 11.7 Å². The van der Waals surface area contributed by atoms with E-state index in [-0.39, 0.29) is 6.03 Å². The van der Waals surface area contributed by atoms with Gasteiger partial charge < -0.3 is 20.1 Å². The Morgan fingerprint density at radius 3 is 2.75 bits per heavy atom. The van der Waals surface area contributed by atoms with Crippen LogP contribution in [0.15, 0.2) is 48.7 Å². The fourth-order valence-corrected chi connectivity index (χ4v) is 2.13. The van der Waals surface area contributed by atoms with E-state index in [1.54, 1.807) is 18.3 Å². The Morgan fingerprint density at radius 1 is 1.12 bits per heavy atom. The Hall–Kier alpha value is -2.60. The summed E-state index contributed by atoms with van der Waals surface area (Å²) in [4.78, 5) is 15.8. The zero-order valence-corrected chi connectivity index (χ0v) is 13.8. The van der Waals surface area contributed by atoms with Crippen molar-refractivity contribution in [1.29, 1.82) is 0 Å². The molecule has 0 radical (unpaired) electrons. The highest BCUT2D eigenvalue weighted by Crippen LogP contribution is 2.19. The zero-order valence-electron chi connectivity index (χ0n) is 13.8. The maximum atomic E-state index is 11.8. The van der Waals surface area contributed by atoms with Crippen LogP contribution in [-0.2, 0) is 11.2 Å². The number of nitrogens with zero attached hydrogens (tertiary/aromatic N) is 1. The number of urea groups is 1. The number of ether oxygens (including phenoxy) is 2. The van der Waals surface area contributed by atoms with Crippen molar-refractivity contribution in [1.82, 2.24) is 10.3 Å². The summed E-state index contributed by atoms with van der Waals surface area (Å²) in [6.45, 7) is 1.84. The topological polar surface area (TPSA) is 72.5 Å². The third-order valence-corrected chi connectivity index (χ3v) is 3.34. The molecule has 1 heterocycles. The Morgan fingerprint density at radius 2 is 1.96 bits per heavy atom. The zero-order chi connectivity index (χ0) is 17.0. The Bertz CT molecular complexity index is 620. The van der Waals surface area contributed by atoms with Gasteiger partial charge in [0.25, 0.3) is 0 Å². The number of aromatic nitrogens is 1. The summed E-state index contributed by atoms with van der Waals surface area (Å²) in [5.74, 6) is 0.386. The van der Waals surface area contributed by atoms with E-state index in [0.717, 1.165) is 12.8 Å². The van der Waals surface area contributed by atoms with Crippen molar-refractivity contribution < 1.29 is 14.3 Å². The smallest absolute Gasteiger partial charge is 0.319 e. The second kappa shape index (κ2) is 10.2. The molecule has 0 aliphatic rings. The average Bonchev–Trinajstić information content (AvgIpc) is 2.62. The minimum Gasteiger partial charge on any atom is -0.480 e. The van der Waals surface area contributed by atoms with E-state index in [2.05, 4.69) is 27.8 Å². The molecule has 0 aliphatic heterocycles. The molecule has 2 aromatic rings. The number of nitrogens with one attached hydrogen (secondary N) is 2. The lowest BCUT2D eigenvalue weighted by molar-refractivity contribution is 0.135. The molecule has 0 spiro atoms. The highest BCUT2D eigenvalue weighted by atomic mass is 16.5. The number of amides is 2. The molecule has 128 valence electrons. The van der Waals surface area contributed by atoms with Gasteiger partial charge in [0.1, 0.15) is 5.69 Å². The SMILES string of the molecule is COc1ncccc1NC(=O)NCCCOCCc1ccccc1. The van der Waals surface area contributed by atoms with E-state index < -0.39 is 0 Å². The van der Waals surface area contributed by atoms with Gasteiger partial charge in [-0.2, -0.15) is 0 Å². The Kier molecular flexibility index (Phi) is 7.56. The molecule has 0 fully saturated rings. The van der Waals surface area contributed by atoms with Gasteiger partial charge in [0, 0.05) is 19.3 Å².